The van der Waals surface area contributed by atoms with Crippen molar-refractivity contribution in [2.24, 2.45) is 29.4 Å². The fourth-order valence-electron chi connectivity index (χ4n) is 8.04. The van der Waals surface area contributed by atoms with Gasteiger partial charge in [-0.3, -0.25) is 31.1 Å². The summed E-state index contributed by atoms with van der Waals surface area (Å²) in [6.07, 6.45) is 8.19. The lowest BCUT2D eigenvalue weighted by Crippen LogP contribution is -2.67. The lowest BCUT2D eigenvalue weighted by molar-refractivity contribution is -0.172. The minimum Gasteiger partial charge on any atom is -0.370 e. The van der Waals surface area contributed by atoms with Gasteiger partial charge in [-0.05, 0) is 75.5 Å². The number of halogens is 2. The molecule has 2 saturated carbocycles. The van der Waals surface area contributed by atoms with Crippen molar-refractivity contribution in [1.82, 2.24) is 31.1 Å². The average Bonchev–Trinajstić information content (AvgIpc) is 3.37. The third-order valence-corrected chi connectivity index (χ3v) is 10.4. The highest BCUT2D eigenvalue weighted by molar-refractivity contribution is 5.79. The maximum atomic E-state index is 13.1. The predicted octanol–water partition coefficient (Wildman–Crippen LogP) is 1.43. The van der Waals surface area contributed by atoms with Crippen LogP contribution in [0.3, 0.4) is 0 Å². The first kappa shape index (κ1) is 29.9. The van der Waals surface area contributed by atoms with Crippen LogP contribution in [0.15, 0.2) is 0 Å². The summed E-state index contributed by atoms with van der Waals surface area (Å²) in [6, 6.07) is 0.812. The number of nitrogens with zero attached hydrogens (tertiary/aromatic N) is 2. The number of piperazine rings is 1. The van der Waals surface area contributed by atoms with Gasteiger partial charge in [0.25, 0.3) is 0 Å². The second kappa shape index (κ2) is 13.6. The molecule has 0 spiro atoms. The smallest absolute Gasteiger partial charge is 0.345 e. The molecule has 5 aliphatic rings. The Morgan fingerprint density at radius 3 is 2.50 bits per heavy atom. The molecule has 40 heavy (non-hydrogen) atoms. The van der Waals surface area contributed by atoms with E-state index in [9.17, 15) is 13.6 Å². The molecule has 5 fully saturated rings. The van der Waals surface area contributed by atoms with Crippen LogP contribution in [0, 0.1) is 29.1 Å². The number of rotatable bonds is 8. The van der Waals surface area contributed by atoms with Crippen LogP contribution in [0.1, 0.15) is 64.7 Å². The molecule has 228 valence electrons. The van der Waals surface area contributed by atoms with Gasteiger partial charge in [0.05, 0.1) is 18.4 Å². The minimum absolute atomic E-state index is 0.0596. The zero-order valence-electron chi connectivity index (χ0n) is 23.9. The number of fused-ring (bicyclic) bond motifs is 1. The van der Waals surface area contributed by atoms with Crippen LogP contribution >= 0.6 is 0 Å². The third-order valence-electron chi connectivity index (χ3n) is 10.4. The van der Waals surface area contributed by atoms with Crippen molar-refractivity contribution in [3.63, 3.8) is 0 Å². The van der Waals surface area contributed by atoms with E-state index in [-0.39, 0.29) is 36.2 Å². The number of nitrogens with two attached hydrogens (primary N) is 1. The molecule has 1 amide bonds. The fourth-order valence-corrected chi connectivity index (χ4v) is 8.04. The molecule has 3 aliphatic heterocycles. The Balaban J connectivity index is 1.04. The Kier molecular flexibility index (Phi) is 10.1. The normalized spacial score (nSPS) is 37.9. The van der Waals surface area contributed by atoms with Crippen molar-refractivity contribution in [1.29, 1.82) is 5.41 Å². The molecule has 7 N–H and O–H groups in total. The molecule has 0 aromatic rings. The standard InChI is InChI=1S/C28H50F2N8O2/c1-17-14-20(4-7-22(17)26(39)35-15-18-8-11-37(12-9-18)28(31)32)36-24-25-34-16-23(38(25)13-10-33-24)19-2-5-21(6-3-19)40-27(29)30/h17-25,27,33-34,36H,2-16H2,1H3,(H3,31,32)(H,35,39). The van der Waals surface area contributed by atoms with Crippen molar-refractivity contribution in [2.45, 2.75) is 102 Å². The number of carbonyl (C=O) groups excluding carboxylic acids is 1. The van der Waals surface area contributed by atoms with E-state index < -0.39 is 6.61 Å². The maximum Gasteiger partial charge on any atom is 0.345 e. The Bertz CT molecular complexity index is 852. The highest BCUT2D eigenvalue weighted by atomic mass is 19.3. The lowest BCUT2D eigenvalue weighted by atomic mass is 9.77. The lowest BCUT2D eigenvalue weighted by Gasteiger charge is -2.45. The van der Waals surface area contributed by atoms with Gasteiger partial charge in [-0.2, -0.15) is 8.78 Å². The highest BCUT2D eigenvalue weighted by Crippen LogP contribution is 2.35. The minimum atomic E-state index is -2.67. The zero-order chi connectivity index (χ0) is 28.2. The first-order valence-corrected chi connectivity index (χ1v) is 15.6. The van der Waals surface area contributed by atoms with E-state index in [2.05, 4.69) is 33.1 Å². The zero-order valence-corrected chi connectivity index (χ0v) is 23.9. The topological polar surface area (TPSA) is 131 Å². The number of guanidine groups is 1. The highest BCUT2D eigenvalue weighted by Gasteiger charge is 2.45. The third kappa shape index (κ3) is 7.24. The molecular formula is C28H50F2N8O2. The number of ether oxygens (including phenoxy) is 1. The molecule has 5 rings (SSSR count). The Hall–Kier alpha value is -1.60. The van der Waals surface area contributed by atoms with Gasteiger partial charge in [-0.25, -0.2) is 0 Å². The monoisotopic (exact) mass is 568 g/mol. The van der Waals surface area contributed by atoms with Crippen molar-refractivity contribution in [3.05, 3.63) is 0 Å². The molecule has 3 saturated heterocycles. The number of amides is 1. The number of nitrogens with one attached hydrogen (secondary N) is 5. The molecule has 0 aromatic heterocycles. The van der Waals surface area contributed by atoms with Gasteiger partial charge in [0.1, 0.15) is 0 Å². The first-order chi connectivity index (χ1) is 19.3. The second-order valence-corrected chi connectivity index (χ2v) is 12.8. The van der Waals surface area contributed by atoms with Crippen LogP contribution in [-0.4, -0.2) is 98.1 Å². The summed E-state index contributed by atoms with van der Waals surface area (Å²) < 4.78 is 30.0. The van der Waals surface area contributed by atoms with E-state index in [0.717, 1.165) is 90.5 Å². The molecule has 12 heteroatoms. The number of hydrogen-bond donors (Lipinski definition) is 6. The Morgan fingerprint density at radius 1 is 1.07 bits per heavy atom. The van der Waals surface area contributed by atoms with Crippen molar-refractivity contribution >= 4 is 11.9 Å². The van der Waals surface area contributed by atoms with Crippen molar-refractivity contribution in [3.8, 4) is 0 Å². The van der Waals surface area contributed by atoms with Gasteiger partial charge >= 0.3 is 6.61 Å². The van der Waals surface area contributed by atoms with Crippen LogP contribution < -0.4 is 27.0 Å². The van der Waals surface area contributed by atoms with Crippen LogP contribution in [0.2, 0.25) is 0 Å². The first-order valence-electron chi connectivity index (χ1n) is 15.6. The molecular weight excluding hydrogens is 518 g/mol. The summed E-state index contributed by atoms with van der Waals surface area (Å²) in [7, 11) is 0. The van der Waals surface area contributed by atoms with Crippen LogP contribution in [-0.2, 0) is 9.53 Å². The van der Waals surface area contributed by atoms with E-state index in [1.807, 2.05) is 4.90 Å². The van der Waals surface area contributed by atoms with Crippen LogP contribution in [0.4, 0.5) is 8.78 Å². The number of piperidine rings is 1. The molecule has 2 aliphatic carbocycles. The van der Waals surface area contributed by atoms with Gasteiger partial charge in [-0.1, -0.05) is 6.92 Å². The van der Waals surface area contributed by atoms with Gasteiger partial charge in [0.2, 0.25) is 5.91 Å². The summed E-state index contributed by atoms with van der Waals surface area (Å²) in [4.78, 5) is 17.6. The molecule has 6 atom stereocenters. The molecule has 3 heterocycles. The van der Waals surface area contributed by atoms with E-state index in [4.69, 9.17) is 15.9 Å². The Labute approximate surface area is 237 Å². The average molecular weight is 569 g/mol. The fraction of sp³-hybridized carbons (Fsp3) is 0.929. The summed E-state index contributed by atoms with van der Waals surface area (Å²) in [5.41, 5.74) is 5.60. The molecule has 0 bridgehead atoms. The quantitative estimate of drug-likeness (QED) is 0.192. The van der Waals surface area contributed by atoms with E-state index in [1.165, 1.54) is 0 Å². The number of alkyl halides is 2. The van der Waals surface area contributed by atoms with Crippen LogP contribution in [0.25, 0.3) is 0 Å². The van der Waals surface area contributed by atoms with Gasteiger partial charge < -0.3 is 20.7 Å². The molecule has 6 unspecified atom stereocenters. The van der Waals surface area contributed by atoms with E-state index in [1.54, 1.807) is 0 Å². The Morgan fingerprint density at radius 2 is 1.82 bits per heavy atom. The number of hydrogen-bond acceptors (Lipinski definition) is 7. The van der Waals surface area contributed by atoms with E-state index >= 15 is 0 Å². The summed E-state index contributed by atoms with van der Waals surface area (Å²) in [5.74, 6) is 1.69. The largest absolute Gasteiger partial charge is 0.370 e. The van der Waals surface area contributed by atoms with E-state index in [0.29, 0.717) is 36.4 Å². The van der Waals surface area contributed by atoms with Gasteiger partial charge in [0.15, 0.2) is 5.96 Å². The van der Waals surface area contributed by atoms with Gasteiger partial charge in [0, 0.05) is 57.3 Å². The molecule has 10 nitrogen and oxygen atoms in total. The summed E-state index contributed by atoms with van der Waals surface area (Å²) in [5, 5.41) is 22.1. The van der Waals surface area contributed by atoms with Gasteiger partial charge in [-0.15, -0.1) is 0 Å². The van der Waals surface area contributed by atoms with Crippen molar-refractivity contribution < 1.29 is 18.3 Å². The SMILES string of the molecule is CC1CC(NC2NCCN3C(C4CCC(OC(F)F)CC4)CNC23)CCC1C(=O)NCC1CCN(C(=N)N)CC1. The maximum absolute atomic E-state index is 13.1. The predicted molar refractivity (Wildman–Crippen MR) is 150 cm³/mol. The summed E-state index contributed by atoms with van der Waals surface area (Å²) >= 11 is 0. The summed E-state index contributed by atoms with van der Waals surface area (Å²) in [6.45, 7) is 4.70. The second-order valence-electron chi connectivity index (χ2n) is 12.8. The number of carbonyl (C=O) groups is 1. The van der Waals surface area contributed by atoms with Crippen LogP contribution in [0.5, 0.6) is 0 Å². The number of likely N-dealkylation sites (tertiary alicyclic amines) is 1. The molecule has 0 aromatic carbocycles. The molecule has 0 radical (unpaired) electrons. The van der Waals surface area contributed by atoms with Crippen molar-refractivity contribution in [2.75, 3.05) is 39.3 Å².